The Morgan fingerprint density at radius 1 is 0.279 bits per heavy atom. The number of halogens is 2. The lowest BCUT2D eigenvalue weighted by molar-refractivity contribution is 0.630. The van der Waals surface area contributed by atoms with Crippen molar-refractivity contribution in [2.24, 2.45) is 0 Å². The molecular weight excluding hydrogens is 835 g/mol. The lowest BCUT2D eigenvalue weighted by Gasteiger charge is -2.27. The van der Waals surface area contributed by atoms with Gasteiger partial charge in [0.1, 0.15) is 11.6 Å². The van der Waals surface area contributed by atoms with Crippen molar-refractivity contribution in [1.82, 2.24) is 0 Å². The summed E-state index contributed by atoms with van der Waals surface area (Å²) in [5.41, 5.74) is 11.6. The molecule has 12 rings (SSSR count). The van der Waals surface area contributed by atoms with Crippen molar-refractivity contribution < 1.29 is 8.78 Å². The van der Waals surface area contributed by atoms with Crippen LogP contribution in [0.4, 0.5) is 31.5 Å². The van der Waals surface area contributed by atoms with Crippen molar-refractivity contribution in [1.29, 1.82) is 0 Å². The molecule has 0 radical (unpaired) electrons. The minimum absolute atomic E-state index is 0.367. The maximum atomic E-state index is 18.4. The summed E-state index contributed by atoms with van der Waals surface area (Å²) in [7, 11) is 0. The Labute approximate surface area is 393 Å². The van der Waals surface area contributed by atoms with E-state index in [2.05, 4.69) is 71.3 Å². The fourth-order valence-corrected chi connectivity index (χ4v) is 10.1. The van der Waals surface area contributed by atoms with Gasteiger partial charge < -0.3 is 10.6 Å². The smallest absolute Gasteiger partial charge is 0.132 e. The van der Waals surface area contributed by atoms with Crippen molar-refractivity contribution in [2.45, 2.75) is 0 Å². The predicted molar refractivity (Wildman–Crippen MR) is 282 cm³/mol. The summed E-state index contributed by atoms with van der Waals surface area (Å²) in [5, 5.41) is 13.2. The predicted octanol–water partition coefficient (Wildman–Crippen LogP) is 18.4. The second-order valence-corrected chi connectivity index (χ2v) is 17.2. The topological polar surface area (TPSA) is 24.1 Å². The van der Waals surface area contributed by atoms with Gasteiger partial charge in [0.05, 0.1) is 5.69 Å². The van der Waals surface area contributed by atoms with Gasteiger partial charge in [0.2, 0.25) is 0 Å². The molecule has 0 aliphatic carbocycles. The summed E-state index contributed by atoms with van der Waals surface area (Å²) in [4.78, 5) is 0. The van der Waals surface area contributed by atoms with Gasteiger partial charge in [-0.1, -0.05) is 188 Å². The summed E-state index contributed by atoms with van der Waals surface area (Å²) >= 11 is 0. The fraction of sp³-hybridized carbons (Fsp3) is 0. The Morgan fingerprint density at radius 3 is 1.21 bits per heavy atom. The van der Waals surface area contributed by atoms with Crippen LogP contribution >= 0.6 is 0 Å². The van der Waals surface area contributed by atoms with Crippen molar-refractivity contribution >= 4 is 55.1 Å². The molecule has 0 unspecified atom stereocenters. The molecule has 0 spiro atoms. The standard InChI is InChI=1S/C64H42F2N2/c65-55-39-46(41-19-7-1-8-20-41)37-53(43-23-11-3-12-24-43)60(55)62-51-35-34-50-57(67-48-27-15-5-16-28-48)36-32-45-31-33-52(59(51)58(45)50)64(68-49-29-17-6-18-30-49)63(62)61-54(44-25-13-4-14-26-44)38-47(40-56(61)66)42-21-9-2-10-22-42/h1-40,67-68H. The molecule has 2 nitrogen and oxygen atoms in total. The van der Waals surface area contributed by atoms with Crippen molar-refractivity contribution in [2.75, 3.05) is 10.6 Å². The van der Waals surface area contributed by atoms with Crippen molar-refractivity contribution in [3.63, 3.8) is 0 Å². The van der Waals surface area contributed by atoms with E-state index in [1.165, 1.54) is 0 Å². The molecule has 2 N–H and O–H groups in total. The third kappa shape index (κ3) is 7.20. The van der Waals surface area contributed by atoms with Crippen LogP contribution < -0.4 is 10.6 Å². The number of anilines is 4. The van der Waals surface area contributed by atoms with Crippen molar-refractivity contribution in [3.05, 3.63) is 254 Å². The Balaban J connectivity index is 1.29. The van der Waals surface area contributed by atoms with Gasteiger partial charge in [-0.3, -0.25) is 0 Å². The highest BCUT2D eigenvalue weighted by Gasteiger charge is 2.30. The maximum absolute atomic E-state index is 18.4. The molecule has 0 aromatic heterocycles. The van der Waals surface area contributed by atoms with Gasteiger partial charge in [0.25, 0.3) is 0 Å². The van der Waals surface area contributed by atoms with E-state index in [-0.39, 0.29) is 0 Å². The molecule has 4 heteroatoms. The highest BCUT2D eigenvalue weighted by atomic mass is 19.1. The van der Waals surface area contributed by atoms with Crippen LogP contribution in [0.15, 0.2) is 243 Å². The van der Waals surface area contributed by atoms with Crippen LogP contribution in [0.2, 0.25) is 0 Å². The zero-order chi connectivity index (χ0) is 45.6. The first-order valence-corrected chi connectivity index (χ1v) is 22.9. The Kier molecular flexibility index (Phi) is 10.3. The third-order valence-electron chi connectivity index (χ3n) is 13.1. The summed E-state index contributed by atoms with van der Waals surface area (Å²) in [6, 6.07) is 80.2. The van der Waals surface area contributed by atoms with E-state index in [1.807, 2.05) is 170 Å². The number of hydrogen-bond donors (Lipinski definition) is 2. The fourth-order valence-electron chi connectivity index (χ4n) is 10.1. The average Bonchev–Trinajstić information content (AvgIpc) is 3.40. The van der Waals surface area contributed by atoms with E-state index in [9.17, 15) is 0 Å². The first-order valence-electron chi connectivity index (χ1n) is 22.9. The number of hydrogen-bond acceptors (Lipinski definition) is 2. The van der Waals surface area contributed by atoms with E-state index in [0.717, 1.165) is 82.8 Å². The van der Waals surface area contributed by atoms with Gasteiger partial charge in [-0.2, -0.15) is 0 Å². The molecule has 322 valence electrons. The normalized spacial score (nSPS) is 11.4. The summed E-state index contributed by atoms with van der Waals surface area (Å²) in [6.07, 6.45) is 0. The zero-order valence-corrected chi connectivity index (χ0v) is 36.8. The average molecular weight is 877 g/mol. The summed E-state index contributed by atoms with van der Waals surface area (Å²) in [6.45, 7) is 0. The zero-order valence-electron chi connectivity index (χ0n) is 36.8. The third-order valence-corrected chi connectivity index (χ3v) is 13.1. The Hall–Kier alpha value is -8.86. The lowest BCUT2D eigenvalue weighted by atomic mass is 9.78. The lowest BCUT2D eigenvalue weighted by Crippen LogP contribution is -2.04. The van der Waals surface area contributed by atoms with Gasteiger partial charge in [0, 0.05) is 55.5 Å². The Morgan fingerprint density at radius 2 is 0.691 bits per heavy atom. The van der Waals surface area contributed by atoms with E-state index in [0.29, 0.717) is 39.1 Å². The molecule has 0 saturated carbocycles. The first kappa shape index (κ1) is 40.6. The molecule has 0 aliphatic rings. The van der Waals surface area contributed by atoms with Crippen LogP contribution in [0.25, 0.3) is 99.1 Å². The van der Waals surface area contributed by atoms with Gasteiger partial charge in [-0.15, -0.1) is 0 Å². The molecule has 0 atom stereocenters. The molecule has 0 amide bonds. The minimum Gasteiger partial charge on any atom is -0.355 e. The van der Waals surface area contributed by atoms with E-state index in [4.69, 9.17) is 0 Å². The molecule has 68 heavy (non-hydrogen) atoms. The minimum atomic E-state index is -0.424. The molecule has 12 aromatic carbocycles. The summed E-state index contributed by atoms with van der Waals surface area (Å²) in [5.74, 6) is -0.839. The van der Waals surface area contributed by atoms with Crippen LogP contribution in [0.5, 0.6) is 0 Å². The second-order valence-electron chi connectivity index (χ2n) is 17.2. The Bertz CT molecular complexity index is 3770. The van der Waals surface area contributed by atoms with Crippen LogP contribution in [-0.4, -0.2) is 0 Å². The van der Waals surface area contributed by atoms with Gasteiger partial charge >= 0.3 is 0 Å². The number of benzene rings is 12. The molecular formula is C64H42F2N2. The summed E-state index contributed by atoms with van der Waals surface area (Å²) < 4.78 is 36.8. The van der Waals surface area contributed by atoms with Crippen LogP contribution in [0.1, 0.15) is 0 Å². The monoisotopic (exact) mass is 876 g/mol. The number of nitrogens with one attached hydrogen (secondary N) is 2. The number of para-hydroxylation sites is 2. The van der Waals surface area contributed by atoms with E-state index in [1.54, 1.807) is 12.1 Å². The molecule has 0 heterocycles. The quantitative estimate of drug-likeness (QED) is 0.134. The van der Waals surface area contributed by atoms with Gasteiger partial charge in [0.15, 0.2) is 0 Å². The largest absolute Gasteiger partial charge is 0.355 e. The van der Waals surface area contributed by atoms with Gasteiger partial charge in [-0.05, 0) is 115 Å². The van der Waals surface area contributed by atoms with Crippen LogP contribution in [0, 0.1) is 11.6 Å². The van der Waals surface area contributed by atoms with E-state index < -0.39 is 11.6 Å². The highest BCUT2D eigenvalue weighted by molar-refractivity contribution is 6.33. The first-order chi connectivity index (χ1) is 33.6. The van der Waals surface area contributed by atoms with Crippen LogP contribution in [0.3, 0.4) is 0 Å². The van der Waals surface area contributed by atoms with E-state index >= 15 is 8.78 Å². The van der Waals surface area contributed by atoms with Crippen LogP contribution in [-0.2, 0) is 0 Å². The number of rotatable bonds is 10. The highest BCUT2D eigenvalue weighted by Crippen LogP contribution is 2.56. The SMILES string of the molecule is Fc1cc(-c2ccccc2)cc(-c2ccccc2)c1-c1c(Nc2ccccc2)c2ccc3ccc(Nc4ccccc4)c4ccc(c1-c1c(F)cc(-c5ccccc5)cc1-c1ccccc1)c2c34. The maximum Gasteiger partial charge on any atom is 0.132 e. The van der Waals surface area contributed by atoms with Gasteiger partial charge in [-0.25, -0.2) is 8.78 Å². The second kappa shape index (κ2) is 17.2. The molecule has 0 saturated heterocycles. The van der Waals surface area contributed by atoms with Crippen molar-refractivity contribution in [3.8, 4) is 66.8 Å². The molecule has 0 bridgehead atoms. The molecule has 0 aliphatic heterocycles. The molecule has 12 aromatic rings. The molecule has 0 fully saturated rings.